The van der Waals surface area contributed by atoms with Gasteiger partial charge in [0.2, 0.25) is 5.91 Å². The van der Waals surface area contributed by atoms with E-state index in [9.17, 15) is 4.79 Å². The highest BCUT2D eigenvalue weighted by Crippen LogP contribution is 2.25. The lowest BCUT2D eigenvalue weighted by Crippen LogP contribution is -2.44. The van der Waals surface area contributed by atoms with Crippen molar-refractivity contribution in [1.82, 2.24) is 24.4 Å². The summed E-state index contributed by atoms with van der Waals surface area (Å²) in [6, 6.07) is 14.6. The molecule has 2 aromatic heterocycles. The summed E-state index contributed by atoms with van der Waals surface area (Å²) in [7, 11) is 0. The third-order valence-corrected chi connectivity index (χ3v) is 6.14. The Labute approximate surface area is 164 Å². The molecule has 1 aromatic carbocycles. The summed E-state index contributed by atoms with van der Waals surface area (Å²) in [6.45, 7) is 4.37. The standard InChI is InChI=1S/C22H25N5O/c28-22(26-13-10-17-4-1-2-5-19(17)14-26)18-8-11-25(12-9-18)15-20-6-3-7-21-23-16-24-27(20)21/h1-7,16,18H,8-15H2. The second-order valence-electron chi connectivity index (χ2n) is 7.88. The number of rotatable bonds is 3. The van der Waals surface area contributed by atoms with Crippen molar-refractivity contribution in [2.24, 2.45) is 5.92 Å². The van der Waals surface area contributed by atoms with Gasteiger partial charge >= 0.3 is 0 Å². The number of likely N-dealkylation sites (tertiary alicyclic amines) is 1. The van der Waals surface area contributed by atoms with Crippen molar-refractivity contribution < 1.29 is 4.79 Å². The van der Waals surface area contributed by atoms with Crippen LogP contribution >= 0.6 is 0 Å². The number of pyridine rings is 1. The van der Waals surface area contributed by atoms with E-state index in [2.05, 4.69) is 50.2 Å². The number of hydrogen-bond acceptors (Lipinski definition) is 4. The molecule has 2 aliphatic heterocycles. The molecule has 0 N–H and O–H groups in total. The summed E-state index contributed by atoms with van der Waals surface area (Å²) < 4.78 is 1.91. The normalized spacial score (nSPS) is 18.4. The topological polar surface area (TPSA) is 53.7 Å². The summed E-state index contributed by atoms with van der Waals surface area (Å²) >= 11 is 0. The molecule has 6 nitrogen and oxygen atoms in total. The lowest BCUT2D eigenvalue weighted by molar-refractivity contribution is -0.138. The van der Waals surface area contributed by atoms with Crippen LogP contribution in [-0.4, -0.2) is 49.9 Å². The molecular formula is C22H25N5O. The van der Waals surface area contributed by atoms with Crippen LogP contribution in [0.5, 0.6) is 0 Å². The fourth-order valence-electron chi connectivity index (χ4n) is 4.53. The molecule has 144 valence electrons. The molecule has 1 amide bonds. The van der Waals surface area contributed by atoms with Crippen LogP contribution in [-0.2, 0) is 24.3 Å². The maximum absolute atomic E-state index is 13.1. The van der Waals surface area contributed by atoms with Crippen LogP contribution in [0, 0.1) is 5.92 Å². The highest BCUT2D eigenvalue weighted by molar-refractivity contribution is 5.79. The van der Waals surface area contributed by atoms with Crippen LogP contribution < -0.4 is 0 Å². The van der Waals surface area contributed by atoms with Gasteiger partial charge in [0.1, 0.15) is 6.33 Å². The average molecular weight is 375 g/mol. The molecule has 1 saturated heterocycles. The molecule has 0 atom stereocenters. The Bertz CT molecular complexity index is 989. The molecular weight excluding hydrogens is 350 g/mol. The highest BCUT2D eigenvalue weighted by Gasteiger charge is 2.30. The van der Waals surface area contributed by atoms with E-state index >= 15 is 0 Å². The molecule has 1 fully saturated rings. The average Bonchev–Trinajstić information content (AvgIpc) is 3.23. The molecule has 0 saturated carbocycles. The fraction of sp³-hybridized carbons (Fsp3) is 0.409. The van der Waals surface area contributed by atoms with E-state index in [0.717, 1.165) is 63.3 Å². The SMILES string of the molecule is O=C(C1CCN(Cc2cccc3ncnn23)CC1)N1CCc2ccccc2C1. The molecule has 0 spiro atoms. The predicted octanol–water partition coefficient (Wildman–Crippen LogP) is 2.53. The summed E-state index contributed by atoms with van der Waals surface area (Å²) in [4.78, 5) is 21.8. The van der Waals surface area contributed by atoms with Gasteiger partial charge in [0, 0.05) is 25.6 Å². The summed E-state index contributed by atoms with van der Waals surface area (Å²) in [5.41, 5.74) is 4.73. The number of piperidine rings is 1. The number of benzene rings is 1. The number of carbonyl (C=O) groups excluding carboxylic acids is 1. The number of fused-ring (bicyclic) bond motifs is 2. The number of carbonyl (C=O) groups is 1. The lowest BCUT2D eigenvalue weighted by atomic mass is 9.93. The zero-order valence-corrected chi connectivity index (χ0v) is 16.0. The minimum atomic E-state index is 0.156. The molecule has 28 heavy (non-hydrogen) atoms. The Morgan fingerprint density at radius 1 is 1.00 bits per heavy atom. The van der Waals surface area contributed by atoms with Gasteiger partial charge < -0.3 is 4.90 Å². The molecule has 0 radical (unpaired) electrons. The van der Waals surface area contributed by atoms with E-state index in [1.807, 2.05) is 16.6 Å². The Morgan fingerprint density at radius 3 is 2.68 bits per heavy atom. The number of hydrogen-bond donors (Lipinski definition) is 0. The third-order valence-electron chi connectivity index (χ3n) is 6.14. The molecule has 2 aliphatic rings. The first-order valence-corrected chi connectivity index (χ1v) is 10.1. The van der Waals surface area contributed by atoms with Crippen molar-refractivity contribution >= 4 is 11.6 Å². The van der Waals surface area contributed by atoms with Crippen LogP contribution in [0.2, 0.25) is 0 Å². The quantitative estimate of drug-likeness (QED) is 0.706. The van der Waals surface area contributed by atoms with E-state index in [0.29, 0.717) is 5.91 Å². The van der Waals surface area contributed by atoms with Gasteiger partial charge in [-0.15, -0.1) is 0 Å². The number of amides is 1. The van der Waals surface area contributed by atoms with Gasteiger partial charge in [-0.1, -0.05) is 30.3 Å². The van der Waals surface area contributed by atoms with Gasteiger partial charge in [0.25, 0.3) is 0 Å². The Hall–Kier alpha value is -2.73. The van der Waals surface area contributed by atoms with Crippen molar-refractivity contribution in [3.8, 4) is 0 Å². The van der Waals surface area contributed by atoms with Crippen LogP contribution in [0.4, 0.5) is 0 Å². The van der Waals surface area contributed by atoms with Gasteiger partial charge in [0.15, 0.2) is 5.65 Å². The lowest BCUT2D eigenvalue weighted by Gasteiger charge is -2.36. The van der Waals surface area contributed by atoms with Gasteiger partial charge in [-0.05, 0) is 55.6 Å². The Balaban J connectivity index is 1.19. The zero-order valence-electron chi connectivity index (χ0n) is 16.0. The Morgan fingerprint density at radius 2 is 1.82 bits per heavy atom. The van der Waals surface area contributed by atoms with Gasteiger partial charge in [0.05, 0.1) is 5.69 Å². The molecule has 4 heterocycles. The zero-order chi connectivity index (χ0) is 18.9. The first kappa shape index (κ1) is 17.4. The third kappa shape index (κ3) is 3.29. The minimum absolute atomic E-state index is 0.156. The highest BCUT2D eigenvalue weighted by atomic mass is 16.2. The first-order chi connectivity index (χ1) is 13.8. The van der Waals surface area contributed by atoms with Gasteiger partial charge in [-0.25, -0.2) is 9.50 Å². The van der Waals surface area contributed by atoms with Crippen molar-refractivity contribution in [2.75, 3.05) is 19.6 Å². The summed E-state index contributed by atoms with van der Waals surface area (Å²) in [5, 5.41) is 4.33. The molecule has 0 aliphatic carbocycles. The molecule has 3 aromatic rings. The van der Waals surface area contributed by atoms with Gasteiger partial charge in [-0.2, -0.15) is 5.10 Å². The van der Waals surface area contributed by atoms with E-state index in [1.54, 1.807) is 6.33 Å². The molecule has 0 bridgehead atoms. The van der Waals surface area contributed by atoms with E-state index in [1.165, 1.54) is 11.1 Å². The molecule has 5 rings (SSSR count). The minimum Gasteiger partial charge on any atom is -0.338 e. The van der Waals surface area contributed by atoms with Crippen LogP contribution in [0.1, 0.15) is 29.7 Å². The monoisotopic (exact) mass is 375 g/mol. The van der Waals surface area contributed by atoms with Gasteiger partial charge in [-0.3, -0.25) is 9.69 Å². The summed E-state index contributed by atoms with van der Waals surface area (Å²) in [6.07, 6.45) is 4.44. The Kier molecular flexibility index (Phi) is 4.56. The maximum atomic E-state index is 13.1. The maximum Gasteiger partial charge on any atom is 0.226 e. The fourth-order valence-corrected chi connectivity index (χ4v) is 4.53. The van der Waals surface area contributed by atoms with Crippen molar-refractivity contribution in [2.45, 2.75) is 32.4 Å². The summed E-state index contributed by atoms with van der Waals surface area (Å²) in [5.74, 6) is 0.496. The van der Waals surface area contributed by atoms with Crippen LogP contribution in [0.3, 0.4) is 0 Å². The van der Waals surface area contributed by atoms with E-state index in [-0.39, 0.29) is 5.92 Å². The van der Waals surface area contributed by atoms with E-state index in [4.69, 9.17) is 0 Å². The van der Waals surface area contributed by atoms with Crippen LogP contribution in [0.15, 0.2) is 48.8 Å². The first-order valence-electron chi connectivity index (χ1n) is 10.1. The van der Waals surface area contributed by atoms with E-state index < -0.39 is 0 Å². The van der Waals surface area contributed by atoms with Crippen molar-refractivity contribution in [3.05, 3.63) is 65.6 Å². The number of aromatic nitrogens is 3. The second-order valence-corrected chi connectivity index (χ2v) is 7.88. The molecule has 0 unspecified atom stereocenters. The molecule has 6 heteroatoms. The van der Waals surface area contributed by atoms with Crippen molar-refractivity contribution in [3.63, 3.8) is 0 Å². The second kappa shape index (κ2) is 7.36. The largest absolute Gasteiger partial charge is 0.338 e. The number of nitrogens with zero attached hydrogens (tertiary/aromatic N) is 5. The predicted molar refractivity (Wildman–Crippen MR) is 107 cm³/mol. The van der Waals surface area contributed by atoms with Crippen LogP contribution in [0.25, 0.3) is 5.65 Å². The smallest absolute Gasteiger partial charge is 0.226 e. The van der Waals surface area contributed by atoms with Crippen molar-refractivity contribution in [1.29, 1.82) is 0 Å².